The maximum Gasteiger partial charge on any atom is 0.270 e. The van der Waals surface area contributed by atoms with Crippen molar-refractivity contribution >= 4 is 27.3 Å². The van der Waals surface area contributed by atoms with E-state index in [1.54, 1.807) is 4.90 Å². The molecule has 12 heteroatoms. The van der Waals surface area contributed by atoms with Gasteiger partial charge in [0.15, 0.2) is 0 Å². The largest absolute Gasteiger partial charge is 0.322 e. The normalized spacial score (nSPS) is 15.7. The number of hydrogen-bond acceptors (Lipinski definition) is 6. The number of non-ortho nitro benzene ring substituents is 1. The van der Waals surface area contributed by atoms with E-state index >= 15 is 0 Å². The number of nitro groups is 1. The predicted molar refractivity (Wildman–Crippen MR) is 103 cm³/mol. The first kappa shape index (κ1) is 21.7. The molecule has 1 N–H and O–H groups in total. The summed E-state index contributed by atoms with van der Waals surface area (Å²) < 4.78 is 53.5. The van der Waals surface area contributed by atoms with Crippen LogP contribution in [0.3, 0.4) is 0 Å². The molecule has 1 heterocycles. The molecule has 1 aliphatic heterocycles. The summed E-state index contributed by atoms with van der Waals surface area (Å²) in [6, 6.07) is 7.51. The molecule has 30 heavy (non-hydrogen) atoms. The van der Waals surface area contributed by atoms with Crippen LogP contribution in [0.2, 0.25) is 0 Å². The second-order valence-electron chi connectivity index (χ2n) is 6.61. The summed E-state index contributed by atoms with van der Waals surface area (Å²) >= 11 is 0. The second kappa shape index (κ2) is 8.81. The molecule has 2 aromatic rings. The minimum Gasteiger partial charge on any atom is -0.322 e. The van der Waals surface area contributed by atoms with Gasteiger partial charge in [0.1, 0.15) is 11.6 Å². The van der Waals surface area contributed by atoms with Crippen molar-refractivity contribution in [3.05, 3.63) is 64.2 Å². The lowest BCUT2D eigenvalue weighted by Gasteiger charge is -2.33. The molecule has 1 aliphatic rings. The van der Waals surface area contributed by atoms with E-state index in [-0.39, 0.29) is 49.0 Å². The maximum atomic E-state index is 13.6. The highest BCUT2D eigenvalue weighted by Crippen LogP contribution is 2.22. The number of hydrogen-bond donors (Lipinski definition) is 1. The highest BCUT2D eigenvalue weighted by atomic mass is 32.2. The van der Waals surface area contributed by atoms with Crippen molar-refractivity contribution in [2.24, 2.45) is 0 Å². The molecule has 1 amide bonds. The highest BCUT2D eigenvalue weighted by molar-refractivity contribution is 7.89. The van der Waals surface area contributed by atoms with Crippen LogP contribution in [-0.2, 0) is 14.8 Å². The molecule has 0 radical (unpaired) electrons. The fourth-order valence-corrected chi connectivity index (χ4v) is 4.48. The Morgan fingerprint density at radius 2 is 1.80 bits per heavy atom. The molecule has 1 saturated heterocycles. The Balaban J connectivity index is 1.59. The minimum atomic E-state index is -3.92. The zero-order valence-electron chi connectivity index (χ0n) is 15.6. The summed E-state index contributed by atoms with van der Waals surface area (Å²) in [5.74, 6) is -2.02. The monoisotopic (exact) mass is 440 g/mol. The zero-order chi connectivity index (χ0) is 21.9. The van der Waals surface area contributed by atoms with Crippen LogP contribution >= 0.6 is 0 Å². The molecule has 0 aromatic heterocycles. The van der Waals surface area contributed by atoms with Crippen molar-refractivity contribution in [1.29, 1.82) is 0 Å². The Bertz CT molecular complexity index is 1070. The second-order valence-corrected chi connectivity index (χ2v) is 8.54. The summed E-state index contributed by atoms with van der Waals surface area (Å²) in [6.45, 7) is 0.486. The lowest BCUT2D eigenvalue weighted by molar-refractivity contribution is -0.385. The summed E-state index contributed by atoms with van der Waals surface area (Å²) in [4.78, 5) is 23.8. The van der Waals surface area contributed by atoms with Crippen molar-refractivity contribution in [3.8, 4) is 0 Å². The van der Waals surface area contributed by atoms with Gasteiger partial charge in [-0.05, 0) is 18.2 Å². The number of anilines is 1. The van der Waals surface area contributed by atoms with E-state index in [0.717, 1.165) is 24.3 Å². The van der Waals surface area contributed by atoms with Crippen molar-refractivity contribution < 1.29 is 26.9 Å². The van der Waals surface area contributed by atoms with Crippen LogP contribution < -0.4 is 5.32 Å². The molecule has 0 unspecified atom stereocenters. The molecular formula is C18H18F2N4O5S. The number of nitrogens with zero attached hydrogens (tertiary/aromatic N) is 3. The molecular weight excluding hydrogens is 422 g/mol. The molecule has 2 aromatic carbocycles. The molecule has 3 rings (SSSR count). The van der Waals surface area contributed by atoms with E-state index in [1.807, 2.05) is 0 Å². The van der Waals surface area contributed by atoms with Crippen molar-refractivity contribution in [3.63, 3.8) is 0 Å². The smallest absolute Gasteiger partial charge is 0.270 e. The van der Waals surface area contributed by atoms with Gasteiger partial charge < -0.3 is 5.32 Å². The Morgan fingerprint density at radius 3 is 2.47 bits per heavy atom. The van der Waals surface area contributed by atoms with Crippen molar-refractivity contribution in [2.75, 3.05) is 38.0 Å². The third-order valence-corrected chi connectivity index (χ3v) is 6.46. The molecule has 1 fully saturated rings. The molecule has 9 nitrogen and oxygen atoms in total. The summed E-state index contributed by atoms with van der Waals surface area (Å²) in [5.41, 5.74) is -0.595. The maximum absolute atomic E-state index is 13.6. The number of amides is 1. The Labute approximate surface area is 171 Å². The Kier molecular flexibility index (Phi) is 6.39. The third-order valence-electron chi connectivity index (χ3n) is 4.57. The van der Waals surface area contributed by atoms with Gasteiger partial charge in [-0.25, -0.2) is 17.2 Å². The van der Waals surface area contributed by atoms with Crippen LogP contribution in [0.4, 0.5) is 20.2 Å². The lowest BCUT2D eigenvalue weighted by Crippen LogP contribution is -2.50. The lowest BCUT2D eigenvalue weighted by atomic mass is 10.3. The van der Waals surface area contributed by atoms with E-state index in [9.17, 15) is 32.1 Å². The number of nitro benzene ring substituents is 1. The highest BCUT2D eigenvalue weighted by Gasteiger charge is 2.30. The molecule has 0 aliphatic carbocycles. The summed E-state index contributed by atoms with van der Waals surface area (Å²) in [5, 5.41) is 13.2. The van der Waals surface area contributed by atoms with Gasteiger partial charge in [-0.15, -0.1) is 0 Å². The SMILES string of the molecule is O=C(CN1CCN(S(=O)(=O)c2cccc([N+](=O)[O-])c2)CC1)Nc1cc(F)ccc1F. The zero-order valence-corrected chi connectivity index (χ0v) is 16.4. The van der Waals surface area contributed by atoms with Crippen LogP contribution in [0.5, 0.6) is 0 Å². The fourth-order valence-electron chi connectivity index (χ4n) is 3.02. The van der Waals surface area contributed by atoms with E-state index in [0.29, 0.717) is 0 Å². The molecule has 160 valence electrons. The molecule has 0 spiro atoms. The molecule has 0 atom stereocenters. The van der Waals surface area contributed by atoms with Crippen LogP contribution in [-0.4, -0.2) is 61.2 Å². The first-order valence-corrected chi connectivity index (χ1v) is 10.3. The average Bonchev–Trinajstić information content (AvgIpc) is 2.71. The third kappa shape index (κ3) is 4.96. The van der Waals surface area contributed by atoms with Gasteiger partial charge in [-0.2, -0.15) is 4.31 Å². The number of piperazine rings is 1. The van der Waals surface area contributed by atoms with Gasteiger partial charge in [0.25, 0.3) is 5.69 Å². The first-order valence-electron chi connectivity index (χ1n) is 8.88. The fraction of sp³-hybridized carbons (Fsp3) is 0.278. The standard InChI is InChI=1S/C18H18F2N4O5S/c19-13-4-5-16(20)17(10-13)21-18(25)12-22-6-8-23(9-7-22)30(28,29)15-3-1-2-14(11-15)24(26)27/h1-5,10-11H,6-9,12H2,(H,21,25). The predicted octanol–water partition coefficient (Wildman–Crippen LogP) is 1.82. The van der Waals surface area contributed by atoms with Crippen molar-refractivity contribution in [2.45, 2.75) is 4.90 Å². The van der Waals surface area contributed by atoms with Gasteiger partial charge in [0.05, 0.1) is 22.1 Å². The Hall–Kier alpha value is -2.96. The number of benzene rings is 2. The van der Waals surface area contributed by atoms with Gasteiger partial charge in [-0.3, -0.25) is 19.8 Å². The number of nitrogens with one attached hydrogen (secondary N) is 1. The quantitative estimate of drug-likeness (QED) is 0.542. The van der Waals surface area contributed by atoms with E-state index in [1.165, 1.54) is 22.5 Å². The van der Waals surface area contributed by atoms with Crippen LogP contribution in [0.15, 0.2) is 47.4 Å². The average molecular weight is 440 g/mol. The molecule has 0 saturated carbocycles. The minimum absolute atomic E-state index is 0.0760. The van der Waals surface area contributed by atoms with Crippen LogP contribution in [0.25, 0.3) is 0 Å². The number of carbonyl (C=O) groups is 1. The van der Waals surface area contributed by atoms with Gasteiger partial charge in [0.2, 0.25) is 15.9 Å². The Morgan fingerprint density at radius 1 is 1.10 bits per heavy atom. The van der Waals surface area contributed by atoms with Crippen LogP contribution in [0, 0.1) is 21.7 Å². The summed E-state index contributed by atoms with van der Waals surface area (Å²) in [6.07, 6.45) is 0. The van der Waals surface area contributed by atoms with Crippen molar-refractivity contribution in [1.82, 2.24) is 9.21 Å². The summed E-state index contributed by atoms with van der Waals surface area (Å²) in [7, 11) is -3.92. The topological polar surface area (TPSA) is 113 Å². The molecule has 0 bridgehead atoms. The van der Waals surface area contributed by atoms with E-state index in [4.69, 9.17) is 0 Å². The van der Waals surface area contributed by atoms with E-state index in [2.05, 4.69) is 5.32 Å². The number of carbonyl (C=O) groups excluding carboxylic acids is 1. The first-order chi connectivity index (χ1) is 14.2. The number of halogens is 2. The van der Waals surface area contributed by atoms with Crippen LogP contribution in [0.1, 0.15) is 0 Å². The van der Waals surface area contributed by atoms with Gasteiger partial charge >= 0.3 is 0 Å². The van der Waals surface area contributed by atoms with E-state index < -0.39 is 32.5 Å². The number of sulfonamides is 1. The van der Waals surface area contributed by atoms with Gasteiger partial charge in [-0.1, -0.05) is 6.07 Å². The van der Waals surface area contributed by atoms with Gasteiger partial charge in [0, 0.05) is 44.4 Å². The number of rotatable bonds is 6.